The lowest BCUT2D eigenvalue weighted by Gasteiger charge is -2.36. The molecule has 0 spiro atoms. The molecular weight excluding hydrogens is 402 g/mol. The van der Waals surface area contributed by atoms with Crippen LogP contribution in [0.1, 0.15) is 31.4 Å². The molecule has 162 valence electrons. The van der Waals surface area contributed by atoms with Crippen molar-refractivity contribution in [2.24, 2.45) is 0 Å². The number of hydrogen-bond donors (Lipinski definition) is 1. The Bertz CT molecular complexity index is 1250. The van der Waals surface area contributed by atoms with Crippen LogP contribution in [0.25, 0.3) is 10.8 Å². The first kappa shape index (κ1) is 20.2. The lowest BCUT2D eigenvalue weighted by Crippen LogP contribution is -2.49. The van der Waals surface area contributed by atoms with Crippen molar-refractivity contribution < 1.29 is 14.4 Å². The fourth-order valence-electron chi connectivity index (χ4n) is 4.82. The summed E-state index contributed by atoms with van der Waals surface area (Å²) >= 11 is 0. The molecule has 1 fully saturated rings. The molecule has 2 aliphatic heterocycles. The fraction of sp³-hybridized carbons (Fsp3) is 0.269. The van der Waals surface area contributed by atoms with Gasteiger partial charge in [-0.2, -0.15) is 0 Å². The van der Waals surface area contributed by atoms with Gasteiger partial charge in [-0.25, -0.2) is 4.79 Å². The number of urea groups is 1. The van der Waals surface area contributed by atoms with Gasteiger partial charge in [-0.15, -0.1) is 0 Å². The Kier molecular flexibility index (Phi) is 4.73. The monoisotopic (exact) mass is 427 g/mol. The van der Waals surface area contributed by atoms with E-state index < -0.39 is 17.5 Å². The number of hydrogen-bond acceptors (Lipinski definition) is 3. The molecule has 4 amide bonds. The third-order valence-corrected chi connectivity index (χ3v) is 6.69. The first-order chi connectivity index (χ1) is 15.4. The molecule has 6 heteroatoms. The number of carbonyl (C=O) groups excluding carboxylic acids is 3. The maximum absolute atomic E-state index is 13.4. The van der Waals surface area contributed by atoms with Crippen molar-refractivity contribution in [1.82, 2.24) is 10.2 Å². The lowest BCUT2D eigenvalue weighted by atomic mass is 9.90. The molecule has 2 aliphatic rings. The maximum atomic E-state index is 13.4. The minimum atomic E-state index is -1.22. The minimum absolute atomic E-state index is 0.00466. The smallest absolute Gasteiger partial charge is 0.319 e. The summed E-state index contributed by atoms with van der Waals surface area (Å²) in [4.78, 5) is 42.3. The van der Waals surface area contributed by atoms with E-state index in [2.05, 4.69) is 5.32 Å². The molecule has 5 rings (SSSR count). The van der Waals surface area contributed by atoms with Crippen molar-refractivity contribution in [3.8, 4) is 0 Å². The molecule has 0 bridgehead atoms. The highest BCUT2D eigenvalue weighted by atomic mass is 16.2. The Balaban J connectivity index is 1.42. The summed E-state index contributed by atoms with van der Waals surface area (Å²) in [5.74, 6) is -0.667. The third-order valence-electron chi connectivity index (χ3n) is 6.69. The Morgan fingerprint density at radius 2 is 1.75 bits per heavy atom. The molecule has 0 aliphatic carbocycles. The summed E-state index contributed by atoms with van der Waals surface area (Å²) in [7, 11) is 0. The van der Waals surface area contributed by atoms with E-state index in [0.717, 1.165) is 39.8 Å². The maximum Gasteiger partial charge on any atom is 0.325 e. The number of fused-ring (bicyclic) bond motifs is 2. The van der Waals surface area contributed by atoms with Gasteiger partial charge in [-0.1, -0.05) is 54.6 Å². The predicted octanol–water partition coefficient (Wildman–Crippen LogP) is 3.97. The Hall–Kier alpha value is -3.67. The van der Waals surface area contributed by atoms with Gasteiger partial charge in [0.25, 0.3) is 5.91 Å². The molecule has 0 radical (unpaired) electrons. The van der Waals surface area contributed by atoms with Crippen molar-refractivity contribution in [3.63, 3.8) is 0 Å². The molecule has 0 aromatic heterocycles. The molecule has 6 nitrogen and oxygen atoms in total. The first-order valence-electron chi connectivity index (χ1n) is 10.9. The molecule has 3 aromatic carbocycles. The lowest BCUT2D eigenvalue weighted by molar-refractivity contribution is -0.134. The second-order valence-corrected chi connectivity index (χ2v) is 8.79. The topological polar surface area (TPSA) is 69.7 Å². The van der Waals surface area contributed by atoms with Gasteiger partial charge in [0.2, 0.25) is 5.91 Å². The number of imide groups is 1. The molecular formula is C26H25N3O3. The van der Waals surface area contributed by atoms with Crippen LogP contribution < -0.4 is 10.2 Å². The molecule has 2 atom stereocenters. The summed E-state index contributed by atoms with van der Waals surface area (Å²) in [6.07, 6.45) is 1.75. The van der Waals surface area contributed by atoms with E-state index in [0.29, 0.717) is 5.56 Å². The number of rotatable bonds is 3. The van der Waals surface area contributed by atoms with E-state index in [9.17, 15) is 14.4 Å². The second-order valence-electron chi connectivity index (χ2n) is 8.79. The second kappa shape index (κ2) is 7.48. The molecule has 32 heavy (non-hydrogen) atoms. The number of benzene rings is 3. The largest absolute Gasteiger partial charge is 0.325 e. The van der Waals surface area contributed by atoms with Crippen LogP contribution in [0.5, 0.6) is 0 Å². The van der Waals surface area contributed by atoms with E-state index in [1.807, 2.05) is 73.7 Å². The van der Waals surface area contributed by atoms with Crippen molar-refractivity contribution in [2.75, 3.05) is 11.4 Å². The zero-order valence-electron chi connectivity index (χ0n) is 18.2. The number of anilines is 1. The highest BCUT2D eigenvalue weighted by Crippen LogP contribution is 2.33. The number of nitrogens with zero attached hydrogens (tertiary/aromatic N) is 2. The van der Waals surface area contributed by atoms with Crippen molar-refractivity contribution in [3.05, 3.63) is 77.9 Å². The van der Waals surface area contributed by atoms with Crippen LogP contribution in [0.4, 0.5) is 10.5 Å². The molecule has 1 N–H and O–H groups in total. The Morgan fingerprint density at radius 1 is 1.03 bits per heavy atom. The third kappa shape index (κ3) is 3.14. The summed E-state index contributed by atoms with van der Waals surface area (Å²) in [6, 6.07) is 20.9. The highest BCUT2D eigenvalue weighted by molar-refractivity contribution is 6.11. The standard InChI is InChI=1S/C26H25N3O3/c1-17-11-12-19-8-5-6-10-22(19)29(17)23(30)16-28-24(31)26(2,27-25(28)32)21-14-13-18-7-3-4-9-20(18)15-21/h3-10,13-15,17H,11-12,16H2,1-2H3,(H,27,32)/t17-,26-/m0/s1. The minimum Gasteiger partial charge on any atom is -0.319 e. The number of para-hydroxylation sites is 1. The first-order valence-corrected chi connectivity index (χ1v) is 10.9. The van der Waals surface area contributed by atoms with Crippen LogP contribution in [0.2, 0.25) is 0 Å². The average molecular weight is 428 g/mol. The van der Waals surface area contributed by atoms with E-state index in [1.54, 1.807) is 11.8 Å². The summed E-state index contributed by atoms with van der Waals surface area (Å²) in [6.45, 7) is 3.41. The van der Waals surface area contributed by atoms with Gasteiger partial charge in [0.15, 0.2) is 0 Å². The van der Waals surface area contributed by atoms with E-state index >= 15 is 0 Å². The van der Waals surface area contributed by atoms with Gasteiger partial charge >= 0.3 is 6.03 Å². The summed E-state index contributed by atoms with van der Waals surface area (Å²) < 4.78 is 0. The SMILES string of the molecule is C[C@H]1CCc2ccccc2N1C(=O)CN1C(=O)N[C@@](C)(c2ccc3ccccc3c2)C1=O. The zero-order chi connectivity index (χ0) is 22.5. The number of carbonyl (C=O) groups is 3. The van der Waals surface area contributed by atoms with Crippen LogP contribution in [0, 0.1) is 0 Å². The van der Waals surface area contributed by atoms with Crippen molar-refractivity contribution in [1.29, 1.82) is 0 Å². The Labute approximate surface area is 186 Å². The molecule has 1 saturated heterocycles. The van der Waals surface area contributed by atoms with Crippen LogP contribution in [0.3, 0.4) is 0 Å². The number of amides is 4. The summed E-state index contributed by atoms with van der Waals surface area (Å²) in [5, 5.41) is 4.86. The predicted molar refractivity (Wildman–Crippen MR) is 123 cm³/mol. The van der Waals surface area contributed by atoms with Gasteiger partial charge in [-0.05, 0) is 60.7 Å². The van der Waals surface area contributed by atoms with Crippen LogP contribution in [-0.2, 0) is 21.5 Å². The van der Waals surface area contributed by atoms with Gasteiger partial charge in [0.05, 0.1) is 0 Å². The highest BCUT2D eigenvalue weighted by Gasteiger charge is 2.50. The fourth-order valence-corrected chi connectivity index (χ4v) is 4.82. The molecule has 0 unspecified atom stereocenters. The van der Waals surface area contributed by atoms with E-state index in [1.165, 1.54) is 0 Å². The molecule has 0 saturated carbocycles. The summed E-state index contributed by atoms with van der Waals surface area (Å²) in [5.41, 5.74) is 1.45. The number of aryl methyl sites for hydroxylation is 1. The van der Waals surface area contributed by atoms with Gasteiger partial charge < -0.3 is 10.2 Å². The van der Waals surface area contributed by atoms with Crippen LogP contribution in [-0.4, -0.2) is 35.3 Å². The quantitative estimate of drug-likeness (QED) is 0.643. The normalized spacial score (nSPS) is 22.8. The Morgan fingerprint density at radius 3 is 2.56 bits per heavy atom. The molecule has 3 aromatic rings. The molecule has 2 heterocycles. The average Bonchev–Trinajstić information content (AvgIpc) is 3.02. The van der Waals surface area contributed by atoms with E-state index in [-0.39, 0.29) is 18.5 Å². The van der Waals surface area contributed by atoms with Gasteiger partial charge in [-0.3, -0.25) is 14.5 Å². The van der Waals surface area contributed by atoms with Gasteiger partial charge in [0.1, 0.15) is 12.1 Å². The van der Waals surface area contributed by atoms with Crippen LogP contribution >= 0.6 is 0 Å². The van der Waals surface area contributed by atoms with E-state index in [4.69, 9.17) is 0 Å². The van der Waals surface area contributed by atoms with Crippen LogP contribution in [0.15, 0.2) is 66.7 Å². The van der Waals surface area contributed by atoms with Crippen molar-refractivity contribution in [2.45, 2.75) is 38.3 Å². The number of nitrogens with one attached hydrogen (secondary N) is 1. The zero-order valence-corrected chi connectivity index (χ0v) is 18.2. The van der Waals surface area contributed by atoms with Gasteiger partial charge in [0, 0.05) is 11.7 Å². The van der Waals surface area contributed by atoms with Crippen molar-refractivity contribution >= 4 is 34.3 Å².